The number of amides is 1. The first kappa shape index (κ1) is 19.6. The molecule has 0 unspecified atom stereocenters. The van der Waals surface area contributed by atoms with Gasteiger partial charge in [-0.05, 0) is 56.8 Å². The largest absolute Gasteiger partial charge is 0.494 e. The Balaban J connectivity index is 1.96. The molecule has 2 aromatic rings. The van der Waals surface area contributed by atoms with Crippen LogP contribution in [0.2, 0.25) is 10.0 Å². The van der Waals surface area contributed by atoms with Crippen molar-refractivity contribution in [3.8, 4) is 5.75 Å². The highest BCUT2D eigenvalue weighted by Crippen LogP contribution is 2.25. The molecule has 1 atom stereocenters. The third-order valence-corrected chi connectivity index (χ3v) is 4.44. The summed E-state index contributed by atoms with van der Waals surface area (Å²) in [6, 6.07) is 12.5. The Bertz CT molecular complexity index is 720. The fourth-order valence-electron chi connectivity index (χ4n) is 2.31. The molecule has 1 N–H and O–H groups in total. The van der Waals surface area contributed by atoms with E-state index >= 15 is 0 Å². The van der Waals surface area contributed by atoms with E-state index in [1.807, 2.05) is 50.1 Å². The Morgan fingerprint density at radius 1 is 1.20 bits per heavy atom. The number of nitrogens with one attached hydrogen (secondary N) is 1. The summed E-state index contributed by atoms with van der Waals surface area (Å²) < 4.78 is 5.44. The normalized spacial score (nSPS) is 12.1. The lowest BCUT2D eigenvalue weighted by Crippen LogP contribution is -2.39. The summed E-state index contributed by atoms with van der Waals surface area (Å²) >= 11 is 12.0. The second-order valence-corrected chi connectivity index (χ2v) is 6.63. The Morgan fingerprint density at radius 3 is 2.48 bits per heavy atom. The SMILES string of the molecule is CCOc1ccc(CN(C)[C@H](C)C(=O)Nc2ccc(Cl)cc2Cl)cc1. The van der Waals surface area contributed by atoms with E-state index in [0.29, 0.717) is 28.9 Å². The molecule has 0 heterocycles. The monoisotopic (exact) mass is 380 g/mol. The van der Waals surface area contributed by atoms with Crippen molar-refractivity contribution in [2.75, 3.05) is 19.0 Å². The highest BCUT2D eigenvalue weighted by atomic mass is 35.5. The van der Waals surface area contributed by atoms with Crippen LogP contribution in [0.3, 0.4) is 0 Å². The van der Waals surface area contributed by atoms with Gasteiger partial charge in [0.05, 0.1) is 23.4 Å². The molecule has 25 heavy (non-hydrogen) atoms. The molecule has 2 aromatic carbocycles. The summed E-state index contributed by atoms with van der Waals surface area (Å²) in [4.78, 5) is 14.4. The highest BCUT2D eigenvalue weighted by molar-refractivity contribution is 6.36. The zero-order valence-corrected chi connectivity index (χ0v) is 16.1. The molecule has 0 bridgehead atoms. The summed E-state index contributed by atoms with van der Waals surface area (Å²) in [5.74, 6) is 0.717. The van der Waals surface area contributed by atoms with Crippen LogP contribution in [0, 0.1) is 0 Å². The number of halogens is 2. The van der Waals surface area contributed by atoms with Crippen molar-refractivity contribution in [3.63, 3.8) is 0 Å². The number of likely N-dealkylation sites (N-methyl/N-ethyl adjacent to an activating group) is 1. The first-order valence-corrected chi connectivity index (χ1v) is 8.84. The quantitative estimate of drug-likeness (QED) is 0.746. The average molecular weight is 381 g/mol. The minimum absolute atomic E-state index is 0.127. The number of ether oxygens (including phenoxy) is 1. The molecule has 0 aliphatic rings. The molecule has 0 aliphatic heterocycles. The third kappa shape index (κ3) is 5.63. The van der Waals surface area contributed by atoms with Crippen LogP contribution in [0.4, 0.5) is 5.69 Å². The molecular weight excluding hydrogens is 359 g/mol. The zero-order chi connectivity index (χ0) is 18.4. The number of anilines is 1. The lowest BCUT2D eigenvalue weighted by Gasteiger charge is -2.24. The third-order valence-electron chi connectivity index (χ3n) is 3.90. The minimum Gasteiger partial charge on any atom is -0.494 e. The second-order valence-electron chi connectivity index (χ2n) is 5.78. The number of nitrogens with zero attached hydrogens (tertiary/aromatic N) is 1. The minimum atomic E-state index is -0.321. The lowest BCUT2D eigenvalue weighted by molar-refractivity contribution is -0.120. The maximum absolute atomic E-state index is 12.5. The van der Waals surface area contributed by atoms with E-state index in [9.17, 15) is 4.79 Å². The Labute approximate surface area is 158 Å². The van der Waals surface area contributed by atoms with Gasteiger partial charge in [0.1, 0.15) is 5.75 Å². The number of carbonyl (C=O) groups excluding carboxylic acids is 1. The van der Waals surface area contributed by atoms with Crippen LogP contribution in [-0.4, -0.2) is 30.5 Å². The van der Waals surface area contributed by atoms with Crippen molar-refractivity contribution < 1.29 is 9.53 Å². The van der Waals surface area contributed by atoms with Gasteiger partial charge in [0.2, 0.25) is 5.91 Å². The fourth-order valence-corrected chi connectivity index (χ4v) is 2.77. The smallest absolute Gasteiger partial charge is 0.241 e. The lowest BCUT2D eigenvalue weighted by atomic mass is 10.1. The molecule has 0 spiro atoms. The zero-order valence-electron chi connectivity index (χ0n) is 14.6. The molecule has 2 rings (SSSR count). The molecule has 0 fully saturated rings. The van der Waals surface area contributed by atoms with Gasteiger partial charge in [-0.2, -0.15) is 0 Å². The van der Waals surface area contributed by atoms with Crippen molar-refractivity contribution >= 4 is 34.8 Å². The highest BCUT2D eigenvalue weighted by Gasteiger charge is 2.19. The summed E-state index contributed by atoms with van der Waals surface area (Å²) in [7, 11) is 1.91. The van der Waals surface area contributed by atoms with Crippen LogP contribution in [0.1, 0.15) is 19.4 Å². The van der Waals surface area contributed by atoms with Crippen molar-refractivity contribution in [3.05, 3.63) is 58.1 Å². The van der Waals surface area contributed by atoms with E-state index < -0.39 is 0 Å². The van der Waals surface area contributed by atoms with Crippen molar-refractivity contribution in [2.45, 2.75) is 26.4 Å². The number of hydrogen-bond acceptors (Lipinski definition) is 3. The molecule has 0 saturated heterocycles. The van der Waals surface area contributed by atoms with Gasteiger partial charge in [0.15, 0.2) is 0 Å². The van der Waals surface area contributed by atoms with Gasteiger partial charge < -0.3 is 10.1 Å². The number of benzene rings is 2. The van der Waals surface area contributed by atoms with Gasteiger partial charge in [0.25, 0.3) is 0 Å². The first-order valence-electron chi connectivity index (χ1n) is 8.08. The summed E-state index contributed by atoms with van der Waals surface area (Å²) in [5.41, 5.74) is 1.66. The Kier molecular flexibility index (Phi) is 7.12. The van der Waals surface area contributed by atoms with Gasteiger partial charge in [-0.1, -0.05) is 35.3 Å². The van der Waals surface area contributed by atoms with Crippen LogP contribution >= 0.6 is 23.2 Å². The topological polar surface area (TPSA) is 41.6 Å². The maximum atomic E-state index is 12.5. The molecule has 0 radical (unpaired) electrons. The van der Waals surface area contributed by atoms with Gasteiger partial charge in [-0.3, -0.25) is 9.69 Å². The molecule has 6 heteroatoms. The van der Waals surface area contributed by atoms with Crippen LogP contribution in [0.25, 0.3) is 0 Å². The van der Waals surface area contributed by atoms with Gasteiger partial charge in [0, 0.05) is 11.6 Å². The van der Waals surface area contributed by atoms with Crippen LogP contribution in [-0.2, 0) is 11.3 Å². The summed E-state index contributed by atoms with van der Waals surface area (Å²) in [6.07, 6.45) is 0. The van der Waals surface area contributed by atoms with Crippen LogP contribution < -0.4 is 10.1 Å². The fraction of sp³-hybridized carbons (Fsp3) is 0.316. The van der Waals surface area contributed by atoms with E-state index in [1.165, 1.54) is 0 Å². The van der Waals surface area contributed by atoms with E-state index in [-0.39, 0.29) is 11.9 Å². The standard InChI is InChI=1S/C19H22Cl2N2O2/c1-4-25-16-8-5-14(6-9-16)12-23(3)13(2)19(24)22-18-10-7-15(20)11-17(18)21/h5-11,13H,4,12H2,1-3H3,(H,22,24)/t13-/m1/s1. The second kappa shape index (κ2) is 9.09. The molecule has 0 saturated carbocycles. The van der Waals surface area contributed by atoms with Gasteiger partial charge in [-0.15, -0.1) is 0 Å². The van der Waals surface area contributed by atoms with Gasteiger partial charge in [-0.25, -0.2) is 0 Å². The molecule has 4 nitrogen and oxygen atoms in total. The van der Waals surface area contributed by atoms with Crippen molar-refractivity contribution in [2.24, 2.45) is 0 Å². The first-order chi connectivity index (χ1) is 11.9. The number of rotatable bonds is 7. The van der Waals surface area contributed by atoms with E-state index in [0.717, 1.165) is 11.3 Å². The molecule has 134 valence electrons. The van der Waals surface area contributed by atoms with Gasteiger partial charge >= 0.3 is 0 Å². The van der Waals surface area contributed by atoms with Crippen molar-refractivity contribution in [1.82, 2.24) is 4.90 Å². The summed E-state index contributed by atoms with van der Waals surface area (Å²) in [6.45, 7) is 5.10. The molecule has 1 amide bonds. The van der Waals surface area contributed by atoms with Crippen LogP contribution in [0.15, 0.2) is 42.5 Å². The van der Waals surface area contributed by atoms with E-state index in [2.05, 4.69) is 5.32 Å². The maximum Gasteiger partial charge on any atom is 0.241 e. The predicted molar refractivity (Wildman–Crippen MR) is 104 cm³/mol. The molecule has 0 aliphatic carbocycles. The van der Waals surface area contributed by atoms with Crippen LogP contribution in [0.5, 0.6) is 5.75 Å². The summed E-state index contributed by atoms with van der Waals surface area (Å²) in [5, 5.41) is 3.79. The van der Waals surface area contributed by atoms with E-state index in [1.54, 1.807) is 18.2 Å². The van der Waals surface area contributed by atoms with E-state index in [4.69, 9.17) is 27.9 Å². The molecule has 0 aromatic heterocycles. The Hall–Kier alpha value is -1.75. The number of carbonyl (C=O) groups is 1. The Morgan fingerprint density at radius 2 is 1.88 bits per heavy atom. The number of hydrogen-bond donors (Lipinski definition) is 1. The van der Waals surface area contributed by atoms with Crippen molar-refractivity contribution in [1.29, 1.82) is 0 Å². The average Bonchev–Trinajstić information content (AvgIpc) is 2.58. The molecular formula is C19H22Cl2N2O2. The predicted octanol–water partition coefficient (Wildman–Crippen LogP) is 4.85.